The maximum atomic E-state index is 9.44. The van der Waals surface area contributed by atoms with Gasteiger partial charge in [0.05, 0.1) is 11.3 Å². The molecule has 5 aromatic rings. The van der Waals surface area contributed by atoms with Crippen LogP contribution in [0.25, 0.3) is 39.5 Å². The molecule has 2 N–H and O–H groups in total. The van der Waals surface area contributed by atoms with Gasteiger partial charge in [-0.25, -0.2) is 15.0 Å². The summed E-state index contributed by atoms with van der Waals surface area (Å²) in [6, 6.07) is 26.9. The fourth-order valence-corrected chi connectivity index (χ4v) is 5.53. The smallest absolute Gasteiger partial charge is 0.179 e. The first-order valence-corrected chi connectivity index (χ1v) is 13.2. The lowest BCUT2D eigenvalue weighted by Gasteiger charge is -2.41. The summed E-state index contributed by atoms with van der Waals surface area (Å²) in [5.74, 6) is 1.13. The Bertz CT molecular complexity index is 1640. The molecule has 6 rings (SSSR count). The zero-order valence-corrected chi connectivity index (χ0v) is 22.1. The lowest BCUT2D eigenvalue weighted by Crippen LogP contribution is -2.54. The van der Waals surface area contributed by atoms with E-state index in [4.69, 9.17) is 15.7 Å². The molecule has 8 nitrogen and oxygen atoms in total. The van der Waals surface area contributed by atoms with E-state index in [0.29, 0.717) is 11.6 Å². The third-order valence-corrected chi connectivity index (χ3v) is 7.36. The number of imidazole rings is 1. The number of hydrogen-bond acceptors (Lipinski definition) is 7. The van der Waals surface area contributed by atoms with E-state index < -0.39 is 0 Å². The fourth-order valence-electron chi connectivity index (χ4n) is 5.53. The van der Waals surface area contributed by atoms with E-state index in [-0.39, 0.29) is 12.1 Å². The zero-order chi connectivity index (χ0) is 26.9. The molecule has 0 radical (unpaired) electrons. The number of piperazine rings is 1. The maximum absolute atomic E-state index is 9.44. The Labute approximate surface area is 228 Å². The standard InChI is InChI=1S/C31H30N8/c1-21-17-37(18-22(2)38(21)20-32)19-23-10-12-25(13-11-23)39-30(26-9-6-16-34-29(26)33)36-28-15-14-27(35-31(28)39)24-7-4-3-5-8-24/h3-16,21-22H,17-19H2,1-2H3,(H2,33,34). The van der Waals surface area contributed by atoms with Crippen LogP contribution in [-0.2, 0) is 6.54 Å². The normalized spacial score (nSPS) is 17.8. The topological polar surface area (TPSA) is 99.9 Å². The van der Waals surface area contributed by atoms with Crippen LogP contribution >= 0.6 is 0 Å². The van der Waals surface area contributed by atoms with Crippen LogP contribution in [0.1, 0.15) is 19.4 Å². The van der Waals surface area contributed by atoms with Gasteiger partial charge in [0.2, 0.25) is 0 Å². The molecule has 2 unspecified atom stereocenters. The Hall–Kier alpha value is -4.74. The van der Waals surface area contributed by atoms with Crippen LogP contribution in [0.2, 0.25) is 0 Å². The van der Waals surface area contributed by atoms with Gasteiger partial charge in [0.25, 0.3) is 0 Å². The lowest BCUT2D eigenvalue weighted by molar-refractivity contribution is 0.0777. The van der Waals surface area contributed by atoms with Crippen molar-refractivity contribution in [3.63, 3.8) is 0 Å². The van der Waals surface area contributed by atoms with Gasteiger partial charge in [-0.3, -0.25) is 9.47 Å². The number of aromatic nitrogens is 4. The molecule has 39 heavy (non-hydrogen) atoms. The van der Waals surface area contributed by atoms with Crippen molar-refractivity contribution in [3.8, 4) is 34.5 Å². The van der Waals surface area contributed by atoms with Crippen molar-refractivity contribution < 1.29 is 0 Å². The van der Waals surface area contributed by atoms with Crippen LogP contribution in [0.15, 0.2) is 85.1 Å². The summed E-state index contributed by atoms with van der Waals surface area (Å²) in [4.78, 5) is 18.6. The molecule has 0 amide bonds. The highest BCUT2D eigenvalue weighted by Gasteiger charge is 2.28. The van der Waals surface area contributed by atoms with Crippen molar-refractivity contribution in [3.05, 3.63) is 90.6 Å². The van der Waals surface area contributed by atoms with Crippen LogP contribution in [0.5, 0.6) is 0 Å². The Morgan fingerprint density at radius 2 is 1.64 bits per heavy atom. The van der Waals surface area contributed by atoms with Crippen LogP contribution < -0.4 is 5.73 Å². The molecule has 2 atom stereocenters. The molecule has 1 aliphatic heterocycles. The van der Waals surface area contributed by atoms with E-state index >= 15 is 0 Å². The summed E-state index contributed by atoms with van der Waals surface area (Å²) in [5.41, 5.74) is 12.7. The number of hydrogen-bond donors (Lipinski definition) is 1. The Morgan fingerprint density at radius 3 is 2.33 bits per heavy atom. The molecule has 8 heteroatoms. The van der Waals surface area contributed by atoms with E-state index in [1.165, 1.54) is 5.56 Å². The molecule has 3 aromatic heterocycles. The average Bonchev–Trinajstić information content (AvgIpc) is 3.32. The van der Waals surface area contributed by atoms with Crippen molar-refractivity contribution >= 4 is 17.0 Å². The van der Waals surface area contributed by atoms with Gasteiger partial charge in [-0.2, -0.15) is 5.26 Å². The Kier molecular flexibility index (Phi) is 6.43. The van der Waals surface area contributed by atoms with Gasteiger partial charge in [0, 0.05) is 49.2 Å². The van der Waals surface area contributed by atoms with Crippen molar-refractivity contribution in [2.24, 2.45) is 0 Å². The van der Waals surface area contributed by atoms with Gasteiger partial charge in [0.15, 0.2) is 17.7 Å². The minimum Gasteiger partial charge on any atom is -0.383 e. The van der Waals surface area contributed by atoms with Gasteiger partial charge in [-0.1, -0.05) is 42.5 Å². The Morgan fingerprint density at radius 1 is 0.897 bits per heavy atom. The molecule has 1 fully saturated rings. The number of nitrogens with zero attached hydrogens (tertiary/aromatic N) is 7. The second-order valence-electron chi connectivity index (χ2n) is 10.2. The number of pyridine rings is 2. The number of rotatable bonds is 5. The van der Waals surface area contributed by atoms with Crippen molar-refractivity contribution in [1.82, 2.24) is 29.3 Å². The first-order valence-electron chi connectivity index (χ1n) is 13.2. The molecule has 1 saturated heterocycles. The highest BCUT2D eigenvalue weighted by molar-refractivity contribution is 5.84. The molecule has 0 spiro atoms. The summed E-state index contributed by atoms with van der Waals surface area (Å²) in [6.45, 7) is 6.78. The van der Waals surface area contributed by atoms with Crippen LogP contribution in [-0.4, -0.2) is 54.5 Å². The Balaban J connectivity index is 1.39. The summed E-state index contributed by atoms with van der Waals surface area (Å²) in [6.07, 6.45) is 4.03. The molecule has 0 bridgehead atoms. The number of fused-ring (bicyclic) bond motifs is 1. The number of benzene rings is 2. The zero-order valence-electron chi connectivity index (χ0n) is 22.1. The second kappa shape index (κ2) is 10.2. The maximum Gasteiger partial charge on any atom is 0.179 e. The number of nitrogens with two attached hydrogens (primary N) is 1. The van der Waals surface area contributed by atoms with Crippen LogP contribution in [0.4, 0.5) is 5.82 Å². The van der Waals surface area contributed by atoms with E-state index in [9.17, 15) is 5.26 Å². The molecule has 194 valence electrons. The predicted molar refractivity (Wildman–Crippen MR) is 154 cm³/mol. The van der Waals surface area contributed by atoms with Gasteiger partial charge in [-0.15, -0.1) is 0 Å². The number of nitrogen functional groups attached to an aromatic ring is 1. The SMILES string of the molecule is CC1CN(Cc2ccc(-n3c(-c4cccnc4N)nc4ccc(-c5ccccc5)nc43)cc2)CC(C)N1C#N. The van der Waals surface area contributed by atoms with E-state index in [2.05, 4.69) is 70.9 Å². The average molecular weight is 515 g/mol. The quantitative estimate of drug-likeness (QED) is 0.326. The highest BCUT2D eigenvalue weighted by atomic mass is 15.3. The van der Waals surface area contributed by atoms with E-state index in [0.717, 1.165) is 53.3 Å². The molecular weight excluding hydrogens is 484 g/mol. The lowest BCUT2D eigenvalue weighted by atomic mass is 10.1. The van der Waals surface area contributed by atoms with Crippen molar-refractivity contribution in [1.29, 1.82) is 5.26 Å². The molecule has 4 heterocycles. The largest absolute Gasteiger partial charge is 0.383 e. The van der Waals surface area contributed by atoms with Crippen LogP contribution in [0.3, 0.4) is 0 Å². The molecule has 0 aliphatic carbocycles. The third kappa shape index (κ3) is 4.69. The number of anilines is 1. The summed E-state index contributed by atoms with van der Waals surface area (Å²) >= 11 is 0. The predicted octanol–water partition coefficient (Wildman–Crippen LogP) is 5.11. The monoisotopic (exact) mass is 514 g/mol. The summed E-state index contributed by atoms with van der Waals surface area (Å²) < 4.78 is 2.06. The minimum atomic E-state index is 0.202. The molecule has 2 aromatic carbocycles. The van der Waals surface area contributed by atoms with E-state index in [1.54, 1.807) is 6.20 Å². The van der Waals surface area contributed by atoms with Gasteiger partial charge >= 0.3 is 0 Å². The van der Waals surface area contributed by atoms with E-state index in [1.807, 2.05) is 47.4 Å². The summed E-state index contributed by atoms with van der Waals surface area (Å²) in [7, 11) is 0. The second-order valence-corrected chi connectivity index (χ2v) is 10.2. The minimum absolute atomic E-state index is 0.202. The summed E-state index contributed by atoms with van der Waals surface area (Å²) in [5, 5.41) is 9.44. The van der Waals surface area contributed by atoms with Gasteiger partial charge < -0.3 is 10.6 Å². The highest BCUT2D eigenvalue weighted by Crippen LogP contribution is 2.32. The molecule has 0 saturated carbocycles. The third-order valence-electron chi connectivity index (χ3n) is 7.36. The van der Waals surface area contributed by atoms with Gasteiger partial charge in [0.1, 0.15) is 11.3 Å². The first-order chi connectivity index (χ1) is 19.0. The van der Waals surface area contributed by atoms with Crippen LogP contribution in [0, 0.1) is 11.5 Å². The van der Waals surface area contributed by atoms with Gasteiger partial charge in [-0.05, 0) is 55.8 Å². The van der Waals surface area contributed by atoms with Crippen molar-refractivity contribution in [2.45, 2.75) is 32.5 Å². The van der Waals surface area contributed by atoms with Crippen molar-refractivity contribution in [2.75, 3.05) is 18.8 Å². The fraction of sp³-hybridized carbons (Fsp3) is 0.226. The first kappa shape index (κ1) is 24.6. The molecule has 1 aliphatic rings. The number of nitriles is 1. The molecular formula is C31H30N8.